The van der Waals surface area contributed by atoms with Gasteiger partial charge in [0.2, 0.25) is 0 Å². The molecule has 2 atom stereocenters. The van der Waals surface area contributed by atoms with Crippen LogP contribution in [-0.2, 0) is 5.60 Å². The van der Waals surface area contributed by atoms with Crippen molar-refractivity contribution >= 4 is 23.2 Å². The Bertz CT molecular complexity index is 456. The van der Waals surface area contributed by atoms with Crippen LogP contribution in [0.1, 0.15) is 44.1 Å². The van der Waals surface area contributed by atoms with Gasteiger partial charge in [-0.25, -0.2) is 0 Å². The van der Waals surface area contributed by atoms with Crippen LogP contribution in [0.25, 0.3) is 0 Å². The second-order valence-corrected chi connectivity index (χ2v) is 6.61. The Morgan fingerprint density at radius 2 is 1.89 bits per heavy atom. The molecule has 2 aliphatic rings. The number of hydrogen-bond acceptors (Lipinski definition) is 1. The first-order valence-corrected chi connectivity index (χ1v) is 7.52. The predicted molar refractivity (Wildman–Crippen MR) is 75.0 cm³/mol. The van der Waals surface area contributed by atoms with Crippen molar-refractivity contribution in [2.75, 3.05) is 0 Å². The summed E-state index contributed by atoms with van der Waals surface area (Å²) in [5.41, 5.74) is 0.0510. The van der Waals surface area contributed by atoms with Crippen molar-refractivity contribution in [1.82, 2.24) is 0 Å². The number of aliphatic hydroxyl groups is 1. The highest BCUT2D eigenvalue weighted by Crippen LogP contribution is 2.50. The molecule has 0 aromatic heterocycles. The van der Waals surface area contributed by atoms with Crippen LogP contribution in [-0.4, -0.2) is 5.11 Å². The van der Waals surface area contributed by atoms with Crippen LogP contribution in [0.5, 0.6) is 0 Å². The van der Waals surface area contributed by atoms with Gasteiger partial charge >= 0.3 is 0 Å². The van der Waals surface area contributed by atoms with Crippen molar-refractivity contribution in [2.45, 2.75) is 44.1 Å². The highest BCUT2D eigenvalue weighted by atomic mass is 35.5. The third-order valence-corrected chi connectivity index (χ3v) is 5.33. The molecule has 0 radical (unpaired) electrons. The van der Waals surface area contributed by atoms with Crippen molar-refractivity contribution < 1.29 is 5.11 Å². The van der Waals surface area contributed by atoms with Crippen LogP contribution < -0.4 is 0 Å². The second kappa shape index (κ2) is 4.70. The van der Waals surface area contributed by atoms with Crippen molar-refractivity contribution in [1.29, 1.82) is 0 Å². The molecule has 3 heteroatoms. The lowest BCUT2D eigenvalue weighted by molar-refractivity contribution is -0.0250. The zero-order valence-electron chi connectivity index (χ0n) is 10.3. The van der Waals surface area contributed by atoms with Gasteiger partial charge in [-0.2, -0.15) is 0 Å². The van der Waals surface area contributed by atoms with Crippen LogP contribution >= 0.6 is 23.2 Å². The Hall–Kier alpha value is -0.240. The molecule has 18 heavy (non-hydrogen) atoms. The maximum Gasteiger partial charge on any atom is 0.0914 e. The van der Waals surface area contributed by atoms with Gasteiger partial charge in [0.25, 0.3) is 0 Å². The van der Waals surface area contributed by atoms with Gasteiger partial charge in [-0.15, -0.1) is 0 Å². The van der Waals surface area contributed by atoms with E-state index in [4.69, 9.17) is 23.2 Å². The van der Waals surface area contributed by atoms with Crippen molar-refractivity contribution in [3.63, 3.8) is 0 Å². The van der Waals surface area contributed by atoms with Gasteiger partial charge in [-0.05, 0) is 56.4 Å². The van der Waals surface area contributed by atoms with E-state index in [1.54, 1.807) is 6.07 Å². The van der Waals surface area contributed by atoms with Gasteiger partial charge in [-0.1, -0.05) is 35.3 Å². The maximum atomic E-state index is 11.0. The Kier molecular flexibility index (Phi) is 3.34. The first kappa shape index (κ1) is 12.8. The maximum absolute atomic E-state index is 11.0. The Balaban J connectivity index is 1.90. The van der Waals surface area contributed by atoms with Crippen LogP contribution in [0, 0.1) is 11.8 Å². The van der Waals surface area contributed by atoms with Gasteiger partial charge in [0.1, 0.15) is 0 Å². The average molecular weight is 285 g/mol. The second-order valence-electron chi connectivity index (χ2n) is 5.83. The van der Waals surface area contributed by atoms with Gasteiger partial charge in [0.05, 0.1) is 15.6 Å². The van der Waals surface area contributed by atoms with E-state index in [2.05, 4.69) is 0 Å². The monoisotopic (exact) mass is 284 g/mol. The van der Waals surface area contributed by atoms with Crippen molar-refractivity contribution in [2.24, 2.45) is 11.8 Å². The molecule has 0 saturated heterocycles. The van der Waals surface area contributed by atoms with Gasteiger partial charge in [-0.3, -0.25) is 0 Å². The summed E-state index contributed by atoms with van der Waals surface area (Å²) in [6.45, 7) is 0. The SMILES string of the molecule is OC1(c2cccc(Cl)c2Cl)CCCC(C2CC2)C1. The van der Waals surface area contributed by atoms with Crippen molar-refractivity contribution in [3.8, 4) is 0 Å². The van der Waals surface area contributed by atoms with Crippen molar-refractivity contribution in [3.05, 3.63) is 33.8 Å². The lowest BCUT2D eigenvalue weighted by Gasteiger charge is -2.38. The van der Waals surface area contributed by atoms with Gasteiger partial charge in [0, 0.05) is 5.56 Å². The number of halogens is 2. The van der Waals surface area contributed by atoms with E-state index < -0.39 is 5.60 Å². The van der Waals surface area contributed by atoms with Crippen LogP contribution in [0.2, 0.25) is 10.0 Å². The molecule has 2 aliphatic carbocycles. The van der Waals surface area contributed by atoms with E-state index in [9.17, 15) is 5.11 Å². The number of rotatable bonds is 2. The minimum absolute atomic E-state index is 0.526. The molecule has 2 saturated carbocycles. The first-order valence-electron chi connectivity index (χ1n) is 6.77. The third kappa shape index (κ3) is 2.29. The molecule has 0 bridgehead atoms. The smallest absolute Gasteiger partial charge is 0.0914 e. The highest BCUT2D eigenvalue weighted by Gasteiger charge is 2.42. The zero-order chi connectivity index (χ0) is 12.8. The summed E-state index contributed by atoms with van der Waals surface area (Å²) in [5.74, 6) is 1.51. The Morgan fingerprint density at radius 3 is 2.61 bits per heavy atom. The summed E-state index contributed by atoms with van der Waals surface area (Å²) >= 11 is 12.3. The summed E-state index contributed by atoms with van der Waals surface area (Å²) in [6, 6.07) is 5.57. The lowest BCUT2D eigenvalue weighted by atomic mass is 9.73. The molecule has 0 heterocycles. The summed E-state index contributed by atoms with van der Waals surface area (Å²) in [6.07, 6.45) is 6.66. The minimum atomic E-state index is -0.770. The largest absolute Gasteiger partial charge is 0.385 e. The molecule has 0 spiro atoms. The Morgan fingerprint density at radius 1 is 1.11 bits per heavy atom. The fraction of sp³-hybridized carbons (Fsp3) is 0.600. The molecule has 3 rings (SSSR count). The first-order chi connectivity index (χ1) is 8.60. The van der Waals surface area contributed by atoms with E-state index >= 15 is 0 Å². The molecule has 0 amide bonds. The summed E-state index contributed by atoms with van der Waals surface area (Å²) in [5, 5.41) is 12.0. The molecule has 98 valence electrons. The normalized spacial score (nSPS) is 32.5. The quantitative estimate of drug-likeness (QED) is 0.829. The zero-order valence-corrected chi connectivity index (χ0v) is 11.8. The fourth-order valence-electron chi connectivity index (χ4n) is 3.37. The van der Waals surface area contributed by atoms with E-state index in [1.807, 2.05) is 12.1 Å². The molecular weight excluding hydrogens is 267 g/mol. The van der Waals surface area contributed by atoms with Crippen LogP contribution in [0.3, 0.4) is 0 Å². The Labute approximate surface area is 118 Å². The number of benzene rings is 1. The molecule has 1 aromatic carbocycles. The summed E-state index contributed by atoms with van der Waals surface area (Å²) in [4.78, 5) is 0. The van der Waals surface area contributed by atoms with E-state index in [0.29, 0.717) is 16.0 Å². The molecule has 1 aromatic rings. The van der Waals surface area contributed by atoms with Gasteiger partial charge < -0.3 is 5.11 Å². The minimum Gasteiger partial charge on any atom is -0.385 e. The standard InChI is InChI=1S/C15H18Cl2O/c16-13-5-1-4-12(14(13)17)15(18)8-2-3-11(9-15)10-6-7-10/h1,4-5,10-11,18H,2-3,6-9H2. The van der Waals surface area contributed by atoms with E-state index in [0.717, 1.165) is 30.7 Å². The fourth-order valence-corrected chi connectivity index (χ4v) is 3.85. The molecular formula is C15H18Cl2O. The third-order valence-electron chi connectivity index (χ3n) is 4.51. The van der Waals surface area contributed by atoms with Crippen LogP contribution in [0.4, 0.5) is 0 Å². The molecule has 2 fully saturated rings. The lowest BCUT2D eigenvalue weighted by Crippen LogP contribution is -2.33. The van der Waals surface area contributed by atoms with E-state index in [-0.39, 0.29) is 0 Å². The van der Waals surface area contributed by atoms with Gasteiger partial charge in [0.15, 0.2) is 0 Å². The molecule has 1 nitrogen and oxygen atoms in total. The molecule has 0 aliphatic heterocycles. The topological polar surface area (TPSA) is 20.2 Å². The number of hydrogen-bond donors (Lipinski definition) is 1. The van der Waals surface area contributed by atoms with E-state index in [1.165, 1.54) is 19.3 Å². The predicted octanol–water partition coefficient (Wildman–Crippen LogP) is 4.78. The summed E-state index contributed by atoms with van der Waals surface area (Å²) < 4.78 is 0. The average Bonchev–Trinajstić information content (AvgIpc) is 3.16. The molecule has 2 unspecified atom stereocenters. The highest BCUT2D eigenvalue weighted by molar-refractivity contribution is 6.42. The molecule has 1 N–H and O–H groups in total. The van der Waals surface area contributed by atoms with Crippen LogP contribution in [0.15, 0.2) is 18.2 Å². The summed E-state index contributed by atoms with van der Waals surface area (Å²) in [7, 11) is 0.